The van der Waals surface area contributed by atoms with Gasteiger partial charge in [0.05, 0.1) is 13.2 Å². The van der Waals surface area contributed by atoms with Crippen molar-refractivity contribution in [1.29, 1.82) is 0 Å². The number of carbonyl (C=O) groups excluding carboxylic acids is 2. The van der Waals surface area contributed by atoms with Gasteiger partial charge >= 0.3 is 5.97 Å². The number of Topliss-reactive ketones (excluding diaryl/α,β-unsaturated/α-hetero) is 1. The van der Waals surface area contributed by atoms with E-state index in [1.165, 1.54) is 0 Å². The second-order valence-corrected chi connectivity index (χ2v) is 5.66. The minimum atomic E-state index is -0.817. The smallest absolute Gasteiger partial charge is 0.379 e. The molecule has 0 spiro atoms. The van der Waals surface area contributed by atoms with Gasteiger partial charge in [0.15, 0.2) is 0 Å². The molecule has 4 heteroatoms. The summed E-state index contributed by atoms with van der Waals surface area (Å²) in [7, 11) is 0. The van der Waals surface area contributed by atoms with E-state index in [1.807, 2.05) is 13.8 Å². The predicted octanol–water partition coefficient (Wildman–Crippen LogP) is 3.59. The molecular formula is C17H24O4. The van der Waals surface area contributed by atoms with Gasteiger partial charge in [-0.15, -0.1) is 0 Å². The number of ether oxygens (including phenoxy) is 2. The molecule has 0 unspecified atom stereocenters. The lowest BCUT2D eigenvalue weighted by Gasteiger charge is -2.16. The molecular weight excluding hydrogens is 268 g/mol. The molecule has 116 valence electrons. The molecule has 0 amide bonds. The van der Waals surface area contributed by atoms with Crippen LogP contribution in [0.15, 0.2) is 18.2 Å². The highest BCUT2D eigenvalue weighted by atomic mass is 16.5. The maximum atomic E-state index is 12.0. The average Bonchev–Trinajstić information content (AvgIpc) is 2.44. The van der Waals surface area contributed by atoms with E-state index in [-0.39, 0.29) is 12.5 Å². The Balaban J connectivity index is 3.02. The molecule has 0 heterocycles. The molecule has 0 N–H and O–H groups in total. The highest BCUT2D eigenvalue weighted by molar-refractivity contribution is 6.40. The van der Waals surface area contributed by atoms with E-state index >= 15 is 0 Å². The first-order valence-electron chi connectivity index (χ1n) is 7.35. The third kappa shape index (κ3) is 4.88. The predicted molar refractivity (Wildman–Crippen MR) is 81.8 cm³/mol. The normalized spacial score (nSPS) is 10.8. The molecule has 0 saturated heterocycles. The van der Waals surface area contributed by atoms with Gasteiger partial charge in [0.1, 0.15) is 5.75 Å². The Kier molecular flexibility index (Phi) is 6.40. The van der Waals surface area contributed by atoms with Crippen LogP contribution in [-0.4, -0.2) is 25.0 Å². The van der Waals surface area contributed by atoms with Crippen molar-refractivity contribution in [2.24, 2.45) is 5.92 Å². The van der Waals surface area contributed by atoms with E-state index in [4.69, 9.17) is 9.47 Å². The van der Waals surface area contributed by atoms with Crippen LogP contribution in [0.2, 0.25) is 0 Å². The van der Waals surface area contributed by atoms with E-state index < -0.39 is 11.8 Å². The Bertz CT molecular complexity index is 504. The van der Waals surface area contributed by atoms with Crippen molar-refractivity contribution in [3.63, 3.8) is 0 Å². The monoisotopic (exact) mass is 292 g/mol. The second kappa shape index (κ2) is 7.81. The number of ketones is 1. The van der Waals surface area contributed by atoms with Crippen LogP contribution in [0.4, 0.5) is 0 Å². The Labute approximate surface area is 126 Å². The van der Waals surface area contributed by atoms with Crippen LogP contribution in [0.3, 0.4) is 0 Å². The van der Waals surface area contributed by atoms with Gasteiger partial charge in [0.25, 0.3) is 5.78 Å². The zero-order valence-corrected chi connectivity index (χ0v) is 13.4. The lowest BCUT2D eigenvalue weighted by Crippen LogP contribution is -2.18. The molecule has 1 rings (SSSR count). The number of benzene rings is 1. The third-order valence-electron chi connectivity index (χ3n) is 2.93. The Morgan fingerprint density at radius 2 is 1.81 bits per heavy atom. The van der Waals surface area contributed by atoms with Gasteiger partial charge in [-0.25, -0.2) is 4.79 Å². The van der Waals surface area contributed by atoms with Gasteiger partial charge < -0.3 is 9.47 Å². The van der Waals surface area contributed by atoms with Crippen LogP contribution >= 0.6 is 0 Å². The molecule has 21 heavy (non-hydrogen) atoms. The maximum Gasteiger partial charge on any atom is 0.379 e. The first kappa shape index (κ1) is 17.2. The Morgan fingerprint density at radius 1 is 1.14 bits per heavy atom. The van der Waals surface area contributed by atoms with Crippen LogP contribution in [-0.2, 0) is 9.53 Å². The van der Waals surface area contributed by atoms with Gasteiger partial charge in [-0.3, -0.25) is 4.79 Å². The van der Waals surface area contributed by atoms with Crippen molar-refractivity contribution in [3.05, 3.63) is 29.3 Å². The summed E-state index contributed by atoms with van der Waals surface area (Å²) in [5.74, 6) is -0.0516. The summed E-state index contributed by atoms with van der Waals surface area (Å²) in [4.78, 5) is 23.5. The van der Waals surface area contributed by atoms with Crippen molar-refractivity contribution in [2.75, 3.05) is 13.2 Å². The summed E-state index contributed by atoms with van der Waals surface area (Å²) in [6.07, 6.45) is 0. The topological polar surface area (TPSA) is 52.6 Å². The summed E-state index contributed by atoms with van der Waals surface area (Å²) < 4.78 is 10.5. The van der Waals surface area contributed by atoms with Crippen molar-refractivity contribution >= 4 is 11.8 Å². The Hall–Kier alpha value is -1.84. The number of hydrogen-bond donors (Lipinski definition) is 0. The highest BCUT2D eigenvalue weighted by Gasteiger charge is 2.20. The molecule has 4 nitrogen and oxygen atoms in total. The Morgan fingerprint density at radius 3 is 2.33 bits per heavy atom. The van der Waals surface area contributed by atoms with Gasteiger partial charge in [-0.2, -0.15) is 0 Å². The van der Waals surface area contributed by atoms with Crippen molar-refractivity contribution < 1.29 is 19.1 Å². The highest BCUT2D eigenvalue weighted by Crippen LogP contribution is 2.28. The van der Waals surface area contributed by atoms with Crippen LogP contribution in [0.1, 0.15) is 56.5 Å². The van der Waals surface area contributed by atoms with Crippen molar-refractivity contribution in [2.45, 2.75) is 40.5 Å². The standard InChI is InChI=1S/C17H24O4/c1-6-20-17(19)16(18)13-7-8-15(21-10-11(2)3)14(9-13)12(4)5/h7-9,11-12H,6,10H2,1-5H3. The van der Waals surface area contributed by atoms with E-state index in [0.29, 0.717) is 18.1 Å². The zero-order valence-electron chi connectivity index (χ0n) is 13.4. The minimum Gasteiger partial charge on any atom is -0.493 e. The molecule has 1 aromatic rings. The van der Waals surface area contributed by atoms with E-state index in [9.17, 15) is 9.59 Å². The zero-order chi connectivity index (χ0) is 16.0. The number of hydrogen-bond acceptors (Lipinski definition) is 4. The molecule has 0 radical (unpaired) electrons. The van der Waals surface area contributed by atoms with Crippen molar-refractivity contribution in [1.82, 2.24) is 0 Å². The van der Waals surface area contributed by atoms with Gasteiger partial charge in [0.2, 0.25) is 0 Å². The molecule has 0 aromatic heterocycles. The molecule has 0 atom stereocenters. The van der Waals surface area contributed by atoms with Gasteiger partial charge in [-0.1, -0.05) is 27.7 Å². The van der Waals surface area contributed by atoms with E-state index in [0.717, 1.165) is 11.3 Å². The van der Waals surface area contributed by atoms with Crippen LogP contribution < -0.4 is 4.74 Å². The largest absolute Gasteiger partial charge is 0.493 e. The van der Waals surface area contributed by atoms with Crippen LogP contribution in [0.5, 0.6) is 5.75 Å². The molecule has 0 bridgehead atoms. The van der Waals surface area contributed by atoms with Crippen LogP contribution in [0.25, 0.3) is 0 Å². The summed E-state index contributed by atoms with van der Waals surface area (Å²) in [5, 5.41) is 0. The first-order valence-corrected chi connectivity index (χ1v) is 7.35. The maximum absolute atomic E-state index is 12.0. The molecule has 0 aliphatic carbocycles. The fraction of sp³-hybridized carbons (Fsp3) is 0.529. The summed E-state index contributed by atoms with van der Waals surface area (Å²) >= 11 is 0. The minimum absolute atomic E-state index is 0.192. The number of rotatable bonds is 7. The molecule has 0 aliphatic heterocycles. The SMILES string of the molecule is CCOC(=O)C(=O)c1ccc(OCC(C)C)c(C(C)C)c1. The molecule has 0 fully saturated rings. The first-order chi connectivity index (χ1) is 9.86. The second-order valence-electron chi connectivity index (χ2n) is 5.66. The summed E-state index contributed by atoms with van der Waals surface area (Å²) in [5.41, 5.74) is 1.26. The lowest BCUT2D eigenvalue weighted by molar-refractivity contribution is -0.137. The fourth-order valence-electron chi connectivity index (χ4n) is 1.84. The quantitative estimate of drug-likeness (QED) is 0.438. The van der Waals surface area contributed by atoms with Gasteiger partial charge in [0, 0.05) is 5.56 Å². The third-order valence-corrected chi connectivity index (χ3v) is 2.93. The molecule has 0 aliphatic rings. The fourth-order valence-corrected chi connectivity index (χ4v) is 1.84. The van der Waals surface area contributed by atoms with Crippen molar-refractivity contribution in [3.8, 4) is 5.75 Å². The average molecular weight is 292 g/mol. The molecule has 0 saturated carbocycles. The number of carbonyl (C=O) groups is 2. The van der Waals surface area contributed by atoms with Gasteiger partial charge in [-0.05, 0) is 42.5 Å². The summed E-state index contributed by atoms with van der Waals surface area (Å²) in [6.45, 7) is 10.7. The van der Waals surface area contributed by atoms with Crippen LogP contribution in [0, 0.1) is 5.92 Å². The molecule has 1 aromatic carbocycles. The van der Waals surface area contributed by atoms with E-state index in [2.05, 4.69) is 13.8 Å². The van der Waals surface area contributed by atoms with E-state index in [1.54, 1.807) is 25.1 Å². The number of esters is 1. The summed E-state index contributed by atoms with van der Waals surface area (Å²) in [6, 6.07) is 5.09. The lowest BCUT2D eigenvalue weighted by atomic mass is 9.98.